The van der Waals surface area contributed by atoms with Gasteiger partial charge in [0.1, 0.15) is 0 Å². The van der Waals surface area contributed by atoms with Crippen LogP contribution in [-0.4, -0.2) is 35.8 Å². The van der Waals surface area contributed by atoms with Crippen LogP contribution in [0.1, 0.15) is 6.92 Å². The molecule has 0 saturated heterocycles. The molecule has 0 saturated carbocycles. The molecule has 108 valence electrons. The van der Waals surface area contributed by atoms with Gasteiger partial charge in [0.15, 0.2) is 0 Å². The molecule has 19 heavy (non-hydrogen) atoms. The summed E-state index contributed by atoms with van der Waals surface area (Å²) in [5.41, 5.74) is 0.142. The molecule has 3 N–H and O–H groups in total. The van der Waals surface area contributed by atoms with Crippen LogP contribution in [0.15, 0.2) is 29.2 Å². The average Bonchev–Trinajstić information content (AvgIpc) is 2.27. The van der Waals surface area contributed by atoms with Crippen LogP contribution in [0.5, 0.6) is 0 Å². The maximum absolute atomic E-state index is 11.7. The van der Waals surface area contributed by atoms with Gasteiger partial charge in [0.25, 0.3) is 0 Å². The lowest BCUT2D eigenvalue weighted by atomic mass is 10.3. The Kier molecular flexibility index (Phi) is 5.29. The van der Waals surface area contributed by atoms with E-state index in [1.54, 1.807) is 6.92 Å². The monoisotopic (exact) mass is 308 g/mol. The number of ether oxygens (including phenoxy) is 1. The highest BCUT2D eigenvalue weighted by Crippen LogP contribution is 2.15. The van der Waals surface area contributed by atoms with E-state index >= 15 is 0 Å². The first-order valence-electron chi connectivity index (χ1n) is 5.46. The van der Waals surface area contributed by atoms with Crippen LogP contribution in [0, 0.1) is 0 Å². The number of hydrogen-bond acceptors (Lipinski definition) is 5. The van der Waals surface area contributed by atoms with E-state index in [4.69, 9.17) is 9.88 Å². The normalized spacial score (nSPS) is 12.3. The largest absolute Gasteiger partial charge is 0.381 e. The summed E-state index contributed by atoms with van der Waals surface area (Å²) in [7, 11) is -7.44. The minimum absolute atomic E-state index is 0.0702. The van der Waals surface area contributed by atoms with Crippen LogP contribution in [0.2, 0.25) is 0 Å². The second-order valence-corrected chi connectivity index (χ2v) is 7.09. The molecule has 0 unspecified atom stereocenters. The Morgan fingerprint density at radius 3 is 2.53 bits per heavy atom. The summed E-state index contributed by atoms with van der Waals surface area (Å²) in [6, 6.07) is 5.29. The van der Waals surface area contributed by atoms with Crippen LogP contribution in [0.4, 0.5) is 5.69 Å². The van der Waals surface area contributed by atoms with Crippen LogP contribution < -0.4 is 9.86 Å². The third kappa shape index (κ3) is 5.55. The first-order chi connectivity index (χ1) is 8.74. The fourth-order valence-electron chi connectivity index (χ4n) is 1.28. The number of nitrogens with two attached hydrogens (primary N) is 1. The highest BCUT2D eigenvalue weighted by Gasteiger charge is 2.13. The highest BCUT2D eigenvalue weighted by molar-refractivity contribution is 7.92. The standard InChI is InChI=1S/C10H16N2O5S2/c1-2-17-6-7-18(13,14)12-9-4-3-5-10(8-9)19(11,15)16/h3-5,8,12H,2,6-7H2,1H3,(H2,11,15,16). The van der Waals surface area contributed by atoms with Gasteiger partial charge in [0, 0.05) is 12.3 Å². The zero-order valence-electron chi connectivity index (χ0n) is 10.4. The van der Waals surface area contributed by atoms with Crippen molar-refractivity contribution in [1.82, 2.24) is 0 Å². The Bertz CT molecular complexity index is 625. The van der Waals surface area contributed by atoms with Gasteiger partial charge in [0.2, 0.25) is 20.0 Å². The maximum atomic E-state index is 11.7. The summed E-state index contributed by atoms with van der Waals surface area (Å²) < 4.78 is 52.8. The van der Waals surface area contributed by atoms with Gasteiger partial charge in [-0.25, -0.2) is 22.0 Å². The molecule has 0 fully saturated rings. The van der Waals surface area contributed by atoms with E-state index in [9.17, 15) is 16.8 Å². The topological polar surface area (TPSA) is 116 Å². The number of rotatable bonds is 7. The van der Waals surface area contributed by atoms with Crippen molar-refractivity contribution in [2.75, 3.05) is 23.7 Å². The van der Waals surface area contributed by atoms with Crippen molar-refractivity contribution in [3.63, 3.8) is 0 Å². The van der Waals surface area contributed by atoms with Crippen LogP contribution in [0.3, 0.4) is 0 Å². The molecule has 0 aromatic heterocycles. The van der Waals surface area contributed by atoms with Gasteiger partial charge in [-0.05, 0) is 25.1 Å². The molecule has 0 radical (unpaired) electrons. The van der Waals surface area contributed by atoms with Crippen molar-refractivity contribution < 1.29 is 21.6 Å². The van der Waals surface area contributed by atoms with Crippen molar-refractivity contribution in [3.8, 4) is 0 Å². The zero-order chi connectivity index (χ0) is 14.5. The third-order valence-electron chi connectivity index (χ3n) is 2.14. The molecule has 0 aliphatic heterocycles. The van der Waals surface area contributed by atoms with Gasteiger partial charge in [-0.2, -0.15) is 0 Å². The SMILES string of the molecule is CCOCCS(=O)(=O)Nc1cccc(S(N)(=O)=O)c1. The van der Waals surface area contributed by atoms with Gasteiger partial charge in [-0.1, -0.05) is 6.07 Å². The molecular formula is C10H16N2O5S2. The molecule has 7 nitrogen and oxygen atoms in total. The van der Waals surface area contributed by atoms with E-state index in [0.717, 1.165) is 6.07 Å². The molecule has 0 bridgehead atoms. The van der Waals surface area contributed by atoms with Crippen molar-refractivity contribution in [3.05, 3.63) is 24.3 Å². The first-order valence-corrected chi connectivity index (χ1v) is 8.65. The number of benzene rings is 1. The zero-order valence-corrected chi connectivity index (χ0v) is 12.0. The highest BCUT2D eigenvalue weighted by atomic mass is 32.2. The molecule has 1 aromatic carbocycles. The summed E-state index contributed by atoms with van der Waals surface area (Å²) in [5.74, 6) is -0.208. The quantitative estimate of drug-likeness (QED) is 0.694. The molecule has 0 aliphatic rings. The van der Waals surface area contributed by atoms with Crippen LogP contribution in [0.25, 0.3) is 0 Å². The number of anilines is 1. The molecule has 1 rings (SSSR count). The maximum Gasteiger partial charge on any atom is 0.238 e. The lowest BCUT2D eigenvalue weighted by Crippen LogP contribution is -2.20. The second kappa shape index (κ2) is 6.33. The molecule has 0 amide bonds. The predicted molar refractivity (Wildman–Crippen MR) is 71.7 cm³/mol. The van der Waals surface area contributed by atoms with Gasteiger partial charge >= 0.3 is 0 Å². The van der Waals surface area contributed by atoms with Crippen molar-refractivity contribution >= 4 is 25.7 Å². The summed E-state index contributed by atoms with van der Waals surface area (Å²) in [6.07, 6.45) is 0. The van der Waals surface area contributed by atoms with Crippen molar-refractivity contribution in [2.45, 2.75) is 11.8 Å². The lowest BCUT2D eigenvalue weighted by Gasteiger charge is -2.08. The number of nitrogens with one attached hydrogen (secondary N) is 1. The first kappa shape index (κ1) is 15.9. The van der Waals surface area contributed by atoms with Crippen LogP contribution >= 0.6 is 0 Å². The van der Waals surface area contributed by atoms with E-state index in [0.29, 0.717) is 6.61 Å². The van der Waals surface area contributed by atoms with Crippen LogP contribution in [-0.2, 0) is 24.8 Å². The van der Waals surface area contributed by atoms with E-state index in [2.05, 4.69) is 4.72 Å². The number of sulfonamides is 2. The number of hydrogen-bond donors (Lipinski definition) is 2. The van der Waals surface area contributed by atoms with E-state index in [-0.39, 0.29) is 22.9 Å². The Morgan fingerprint density at radius 2 is 1.95 bits per heavy atom. The Labute approximate surface area is 112 Å². The second-order valence-electron chi connectivity index (χ2n) is 3.69. The Hall–Kier alpha value is -1.16. The summed E-state index contributed by atoms with van der Waals surface area (Å²) >= 11 is 0. The molecular weight excluding hydrogens is 292 g/mol. The molecule has 9 heteroatoms. The third-order valence-corrected chi connectivity index (χ3v) is 4.30. The van der Waals surface area contributed by atoms with Gasteiger partial charge in [-0.3, -0.25) is 4.72 Å². The summed E-state index contributed by atoms with van der Waals surface area (Å²) in [5, 5.41) is 4.96. The predicted octanol–water partition coefficient (Wildman–Crippen LogP) is 0.112. The Balaban J connectivity index is 2.83. The van der Waals surface area contributed by atoms with E-state index in [1.807, 2.05) is 0 Å². The van der Waals surface area contributed by atoms with Gasteiger partial charge in [-0.15, -0.1) is 0 Å². The van der Waals surface area contributed by atoms with Gasteiger partial charge < -0.3 is 4.74 Å². The minimum atomic E-state index is -3.86. The smallest absolute Gasteiger partial charge is 0.238 e. The van der Waals surface area contributed by atoms with E-state index < -0.39 is 20.0 Å². The molecule has 1 aromatic rings. The van der Waals surface area contributed by atoms with Crippen molar-refractivity contribution in [2.24, 2.45) is 5.14 Å². The lowest BCUT2D eigenvalue weighted by molar-refractivity contribution is 0.163. The van der Waals surface area contributed by atoms with Crippen molar-refractivity contribution in [1.29, 1.82) is 0 Å². The minimum Gasteiger partial charge on any atom is -0.381 e. The average molecular weight is 308 g/mol. The fourth-order valence-corrected chi connectivity index (χ4v) is 2.77. The molecule has 0 aliphatic carbocycles. The van der Waals surface area contributed by atoms with E-state index in [1.165, 1.54) is 18.2 Å². The molecule has 0 heterocycles. The fraction of sp³-hybridized carbons (Fsp3) is 0.400. The molecule has 0 spiro atoms. The summed E-state index contributed by atoms with van der Waals surface area (Å²) in [4.78, 5) is -0.155. The van der Waals surface area contributed by atoms with Gasteiger partial charge in [0.05, 0.1) is 17.3 Å². The number of primary sulfonamides is 1. The summed E-state index contributed by atoms with van der Waals surface area (Å²) in [6.45, 7) is 2.26. The Morgan fingerprint density at radius 1 is 1.26 bits per heavy atom. The molecule has 0 atom stereocenters.